The molecule has 0 atom stereocenters. The van der Waals surface area contributed by atoms with Crippen molar-refractivity contribution in [2.75, 3.05) is 5.32 Å². The summed E-state index contributed by atoms with van der Waals surface area (Å²) < 4.78 is 1.41. The van der Waals surface area contributed by atoms with Gasteiger partial charge in [-0.05, 0) is 19.4 Å². The van der Waals surface area contributed by atoms with Gasteiger partial charge in [-0.25, -0.2) is 9.48 Å². The van der Waals surface area contributed by atoms with Gasteiger partial charge in [-0.3, -0.25) is 10.1 Å². The van der Waals surface area contributed by atoms with Gasteiger partial charge in [0.05, 0.1) is 5.56 Å². The summed E-state index contributed by atoms with van der Waals surface area (Å²) in [6.45, 7) is 3.23. The number of aromatic amines is 1. The van der Waals surface area contributed by atoms with Crippen molar-refractivity contribution < 1.29 is 14.7 Å². The topological polar surface area (TPSA) is 113 Å². The number of aromatic nitrogens is 4. The first-order chi connectivity index (χ1) is 8.91. The number of nitrogens with zero attached hydrogens (tertiary/aromatic N) is 3. The number of H-pyrrole nitrogens is 1. The zero-order valence-electron chi connectivity index (χ0n) is 10.7. The Morgan fingerprint density at radius 3 is 2.58 bits per heavy atom. The zero-order valence-corrected chi connectivity index (χ0v) is 10.7. The van der Waals surface area contributed by atoms with Crippen LogP contribution in [-0.4, -0.2) is 36.7 Å². The Kier molecular flexibility index (Phi) is 3.07. The Labute approximate surface area is 108 Å². The molecular weight excluding hydrogens is 250 g/mol. The predicted molar refractivity (Wildman–Crippen MR) is 66.2 cm³/mol. The lowest BCUT2D eigenvalue weighted by Gasteiger charge is -2.04. The molecule has 0 aliphatic carbocycles. The van der Waals surface area contributed by atoms with E-state index < -0.39 is 11.9 Å². The SMILES string of the molecule is Cc1[nH]c(C(=O)O)c(C)c1C(=O)Nc1ncnn1C. The fourth-order valence-corrected chi connectivity index (χ4v) is 1.88. The van der Waals surface area contributed by atoms with E-state index >= 15 is 0 Å². The van der Waals surface area contributed by atoms with E-state index in [0.717, 1.165) is 0 Å². The van der Waals surface area contributed by atoms with Crippen molar-refractivity contribution in [3.63, 3.8) is 0 Å². The number of anilines is 1. The molecule has 0 radical (unpaired) electrons. The highest BCUT2D eigenvalue weighted by Crippen LogP contribution is 2.19. The minimum atomic E-state index is -1.10. The highest BCUT2D eigenvalue weighted by Gasteiger charge is 2.22. The van der Waals surface area contributed by atoms with Gasteiger partial charge in [0.15, 0.2) is 0 Å². The largest absolute Gasteiger partial charge is 0.477 e. The Morgan fingerprint density at radius 2 is 2.11 bits per heavy atom. The van der Waals surface area contributed by atoms with Crippen molar-refractivity contribution in [2.45, 2.75) is 13.8 Å². The Morgan fingerprint density at radius 1 is 1.42 bits per heavy atom. The highest BCUT2D eigenvalue weighted by atomic mass is 16.4. The summed E-state index contributed by atoms with van der Waals surface area (Å²) in [5.74, 6) is -1.23. The molecule has 0 spiro atoms. The van der Waals surface area contributed by atoms with Crippen LogP contribution in [0.25, 0.3) is 0 Å². The molecule has 8 nitrogen and oxygen atoms in total. The second-order valence-corrected chi connectivity index (χ2v) is 4.09. The van der Waals surface area contributed by atoms with E-state index in [1.807, 2.05) is 0 Å². The molecule has 2 rings (SSSR count). The number of nitrogens with one attached hydrogen (secondary N) is 2. The maximum atomic E-state index is 12.1. The summed E-state index contributed by atoms with van der Waals surface area (Å²) >= 11 is 0. The summed E-state index contributed by atoms with van der Waals surface area (Å²) in [5.41, 5.74) is 1.21. The van der Waals surface area contributed by atoms with Gasteiger partial charge in [-0.2, -0.15) is 10.1 Å². The summed E-state index contributed by atoms with van der Waals surface area (Å²) in [7, 11) is 1.64. The number of hydrogen-bond donors (Lipinski definition) is 3. The van der Waals surface area contributed by atoms with Gasteiger partial charge in [-0.15, -0.1) is 0 Å². The van der Waals surface area contributed by atoms with E-state index in [-0.39, 0.29) is 5.69 Å². The first-order valence-corrected chi connectivity index (χ1v) is 5.49. The molecule has 2 heterocycles. The summed E-state index contributed by atoms with van der Waals surface area (Å²) in [6, 6.07) is 0. The molecule has 0 aromatic carbocycles. The third-order valence-corrected chi connectivity index (χ3v) is 2.82. The monoisotopic (exact) mass is 263 g/mol. The van der Waals surface area contributed by atoms with E-state index in [1.54, 1.807) is 20.9 Å². The third-order valence-electron chi connectivity index (χ3n) is 2.82. The van der Waals surface area contributed by atoms with Gasteiger partial charge in [0.2, 0.25) is 5.95 Å². The fourth-order valence-electron chi connectivity index (χ4n) is 1.88. The number of carboxylic acids is 1. The number of carbonyl (C=O) groups is 2. The smallest absolute Gasteiger partial charge is 0.352 e. The quantitative estimate of drug-likeness (QED) is 0.754. The van der Waals surface area contributed by atoms with E-state index in [0.29, 0.717) is 22.8 Å². The number of aryl methyl sites for hydroxylation is 2. The van der Waals surface area contributed by atoms with Crippen LogP contribution in [0.2, 0.25) is 0 Å². The van der Waals surface area contributed by atoms with Crippen LogP contribution in [-0.2, 0) is 7.05 Å². The number of carbonyl (C=O) groups excluding carboxylic acids is 1. The van der Waals surface area contributed by atoms with Crippen LogP contribution < -0.4 is 5.32 Å². The van der Waals surface area contributed by atoms with Crippen molar-refractivity contribution in [2.24, 2.45) is 7.05 Å². The van der Waals surface area contributed by atoms with Crippen LogP contribution in [0.15, 0.2) is 6.33 Å². The molecule has 2 aromatic rings. The molecule has 19 heavy (non-hydrogen) atoms. The molecule has 0 aliphatic rings. The molecule has 0 fully saturated rings. The molecule has 1 amide bonds. The van der Waals surface area contributed by atoms with E-state index in [9.17, 15) is 9.59 Å². The first-order valence-electron chi connectivity index (χ1n) is 5.49. The van der Waals surface area contributed by atoms with Gasteiger partial charge in [0.1, 0.15) is 12.0 Å². The molecule has 0 saturated carbocycles. The van der Waals surface area contributed by atoms with Crippen molar-refractivity contribution in [3.8, 4) is 0 Å². The minimum absolute atomic E-state index is 0.0145. The van der Waals surface area contributed by atoms with Gasteiger partial charge in [0, 0.05) is 12.7 Å². The van der Waals surface area contributed by atoms with E-state index in [4.69, 9.17) is 5.11 Å². The van der Waals surface area contributed by atoms with Gasteiger partial charge >= 0.3 is 5.97 Å². The number of amides is 1. The first kappa shape index (κ1) is 12.8. The van der Waals surface area contributed by atoms with Crippen molar-refractivity contribution >= 4 is 17.8 Å². The van der Waals surface area contributed by atoms with Crippen LogP contribution in [0.3, 0.4) is 0 Å². The predicted octanol–water partition coefficient (Wildman–Crippen LogP) is 0.711. The summed E-state index contributed by atoms with van der Waals surface area (Å²) in [4.78, 5) is 29.7. The van der Waals surface area contributed by atoms with E-state index in [1.165, 1.54) is 11.0 Å². The molecule has 3 N–H and O–H groups in total. The second-order valence-electron chi connectivity index (χ2n) is 4.09. The second kappa shape index (κ2) is 4.56. The average molecular weight is 263 g/mol. The maximum absolute atomic E-state index is 12.1. The van der Waals surface area contributed by atoms with Gasteiger partial charge < -0.3 is 10.1 Å². The normalized spacial score (nSPS) is 10.5. The van der Waals surface area contributed by atoms with E-state index in [2.05, 4.69) is 20.4 Å². The minimum Gasteiger partial charge on any atom is -0.477 e. The van der Waals surface area contributed by atoms with Crippen LogP contribution in [0.4, 0.5) is 5.95 Å². The fraction of sp³-hybridized carbons (Fsp3) is 0.273. The van der Waals surface area contributed by atoms with Crippen molar-refractivity contribution in [1.29, 1.82) is 0 Å². The number of rotatable bonds is 3. The molecular formula is C11H13N5O3. The standard InChI is InChI=1S/C11H13N5O3/c1-5-7(6(2)14-8(5)10(18)19)9(17)15-11-12-4-13-16(11)3/h4,14H,1-3H3,(H,18,19)(H,12,13,15,17). The van der Waals surface area contributed by atoms with Crippen LogP contribution >= 0.6 is 0 Å². The maximum Gasteiger partial charge on any atom is 0.352 e. The lowest BCUT2D eigenvalue weighted by atomic mass is 10.1. The van der Waals surface area contributed by atoms with Crippen LogP contribution in [0, 0.1) is 13.8 Å². The summed E-state index contributed by atoms with van der Waals surface area (Å²) in [5, 5.41) is 15.4. The van der Waals surface area contributed by atoms with Crippen LogP contribution in [0.5, 0.6) is 0 Å². The van der Waals surface area contributed by atoms with Crippen LogP contribution in [0.1, 0.15) is 32.1 Å². The van der Waals surface area contributed by atoms with Gasteiger partial charge in [0.25, 0.3) is 5.91 Å². The average Bonchev–Trinajstić information content (AvgIpc) is 2.84. The molecule has 0 bridgehead atoms. The Bertz CT molecular complexity index is 655. The van der Waals surface area contributed by atoms with Crippen molar-refractivity contribution in [1.82, 2.24) is 19.7 Å². The Hall–Kier alpha value is -2.64. The molecule has 8 heteroatoms. The number of hydrogen-bond acceptors (Lipinski definition) is 4. The molecule has 100 valence electrons. The molecule has 2 aromatic heterocycles. The van der Waals surface area contributed by atoms with Crippen molar-refractivity contribution in [3.05, 3.63) is 28.8 Å². The molecule has 0 aliphatic heterocycles. The number of aromatic carboxylic acids is 1. The molecule has 0 saturated heterocycles. The van der Waals surface area contributed by atoms with Gasteiger partial charge in [-0.1, -0.05) is 0 Å². The summed E-state index contributed by atoms with van der Waals surface area (Å²) in [6.07, 6.45) is 1.31. The Balaban J connectivity index is 2.35. The number of carboxylic acid groups (broad SMARTS) is 1. The molecule has 0 unspecified atom stereocenters. The zero-order chi connectivity index (χ0) is 14.2. The lowest BCUT2D eigenvalue weighted by molar-refractivity contribution is 0.0690. The third kappa shape index (κ3) is 2.19. The highest BCUT2D eigenvalue weighted by molar-refractivity contribution is 6.07. The lowest BCUT2D eigenvalue weighted by Crippen LogP contribution is -2.17.